The molecule has 0 spiro atoms. The summed E-state index contributed by atoms with van der Waals surface area (Å²) in [5.74, 6) is 0. The molecule has 0 aliphatic heterocycles. The van der Waals surface area contributed by atoms with Gasteiger partial charge in [0.15, 0.2) is 0 Å². The molecule has 1 aromatic carbocycles. The molecule has 1 heterocycles. The Labute approximate surface area is 108 Å². The number of rotatable bonds is 3. The van der Waals surface area contributed by atoms with Gasteiger partial charge in [-0.2, -0.15) is 0 Å². The summed E-state index contributed by atoms with van der Waals surface area (Å²) in [6.07, 6.45) is 4.65. The molecule has 0 aliphatic rings. The highest BCUT2D eigenvalue weighted by Gasteiger charge is 2.05. The van der Waals surface area contributed by atoms with E-state index in [9.17, 15) is 9.59 Å². The van der Waals surface area contributed by atoms with Crippen molar-refractivity contribution >= 4 is 11.6 Å². The summed E-state index contributed by atoms with van der Waals surface area (Å²) in [7, 11) is 0. The zero-order valence-electron chi connectivity index (χ0n) is 9.54. The first-order valence-corrected chi connectivity index (χ1v) is 5.70. The zero-order valence-corrected chi connectivity index (χ0v) is 10.3. The van der Waals surface area contributed by atoms with Crippen LogP contribution in [0, 0.1) is 0 Å². The Morgan fingerprint density at radius 2 is 2.00 bits per heavy atom. The molecule has 0 aliphatic carbocycles. The van der Waals surface area contributed by atoms with Crippen LogP contribution in [0.15, 0.2) is 58.9 Å². The minimum atomic E-state index is -0.610. The molecule has 0 unspecified atom stereocenters. The molecule has 0 atom stereocenters. The van der Waals surface area contributed by atoms with Gasteiger partial charge < -0.3 is 4.57 Å². The van der Waals surface area contributed by atoms with Crippen LogP contribution >= 0.6 is 11.6 Å². The van der Waals surface area contributed by atoms with Gasteiger partial charge in [0, 0.05) is 24.0 Å². The minimum Gasteiger partial charge on any atom is -0.306 e. The topological polar surface area (TPSA) is 44.0 Å². The van der Waals surface area contributed by atoms with Crippen LogP contribution in [0.5, 0.6) is 0 Å². The van der Waals surface area contributed by atoms with Crippen molar-refractivity contribution in [1.82, 2.24) is 9.13 Å². The number of nitrogens with zero attached hydrogens (tertiary/aromatic N) is 2. The molecule has 18 heavy (non-hydrogen) atoms. The monoisotopic (exact) mass is 262 g/mol. The number of hydrogen-bond acceptors (Lipinski definition) is 2. The van der Waals surface area contributed by atoms with E-state index in [1.54, 1.807) is 42.7 Å². The van der Waals surface area contributed by atoms with Gasteiger partial charge in [0.1, 0.15) is 0 Å². The molecular formula is C13H11ClN2O2. The molecule has 5 heteroatoms. The molecule has 0 bridgehead atoms. The van der Waals surface area contributed by atoms with Gasteiger partial charge >= 0.3 is 11.1 Å². The van der Waals surface area contributed by atoms with Crippen LogP contribution in [-0.4, -0.2) is 9.13 Å². The number of halogens is 1. The van der Waals surface area contributed by atoms with Crippen molar-refractivity contribution in [3.05, 3.63) is 75.0 Å². The summed E-state index contributed by atoms with van der Waals surface area (Å²) >= 11 is 5.86. The summed E-state index contributed by atoms with van der Waals surface area (Å²) in [5.41, 5.74) is -0.630. The van der Waals surface area contributed by atoms with Crippen molar-refractivity contribution in [3.63, 3.8) is 0 Å². The predicted octanol–water partition coefficient (Wildman–Crippen LogP) is 1.84. The highest BCUT2D eigenvalue weighted by Crippen LogP contribution is 2.12. The molecule has 0 radical (unpaired) electrons. The highest BCUT2D eigenvalue weighted by molar-refractivity contribution is 6.30. The maximum Gasteiger partial charge on any atom is 0.320 e. The van der Waals surface area contributed by atoms with E-state index < -0.39 is 11.1 Å². The van der Waals surface area contributed by atoms with E-state index in [4.69, 9.17) is 11.6 Å². The van der Waals surface area contributed by atoms with Crippen molar-refractivity contribution in [1.29, 1.82) is 0 Å². The smallest absolute Gasteiger partial charge is 0.306 e. The molecular weight excluding hydrogens is 252 g/mol. The SMILES string of the molecule is C=CCn1ccn(-c2cccc(Cl)c2)c(=O)c1=O. The zero-order chi connectivity index (χ0) is 13.1. The van der Waals surface area contributed by atoms with Crippen LogP contribution in [0.25, 0.3) is 5.69 Å². The van der Waals surface area contributed by atoms with Gasteiger partial charge in [-0.05, 0) is 18.2 Å². The van der Waals surface area contributed by atoms with Crippen molar-refractivity contribution in [2.75, 3.05) is 0 Å². The van der Waals surface area contributed by atoms with E-state index in [1.807, 2.05) is 0 Å². The third kappa shape index (κ3) is 2.28. The van der Waals surface area contributed by atoms with Gasteiger partial charge in [-0.3, -0.25) is 14.2 Å². The molecule has 0 N–H and O–H groups in total. The van der Waals surface area contributed by atoms with Crippen LogP contribution in [0.3, 0.4) is 0 Å². The lowest BCUT2D eigenvalue weighted by Crippen LogP contribution is -2.39. The fourth-order valence-electron chi connectivity index (χ4n) is 1.62. The van der Waals surface area contributed by atoms with Crippen molar-refractivity contribution in [2.45, 2.75) is 6.54 Å². The Kier molecular flexibility index (Phi) is 3.48. The third-order valence-corrected chi connectivity index (χ3v) is 2.71. The Morgan fingerprint density at radius 3 is 2.67 bits per heavy atom. The fourth-order valence-corrected chi connectivity index (χ4v) is 1.81. The van der Waals surface area contributed by atoms with E-state index in [0.29, 0.717) is 17.3 Å². The standard InChI is InChI=1S/C13H11ClN2O2/c1-2-6-15-7-8-16(13(18)12(15)17)11-5-3-4-10(14)9-11/h2-5,7-9H,1,6H2. The molecule has 92 valence electrons. The second-order valence-corrected chi connectivity index (χ2v) is 4.14. The van der Waals surface area contributed by atoms with Crippen LogP contribution in [0.2, 0.25) is 5.02 Å². The second-order valence-electron chi connectivity index (χ2n) is 3.70. The average molecular weight is 263 g/mol. The highest BCUT2D eigenvalue weighted by atomic mass is 35.5. The predicted molar refractivity (Wildman–Crippen MR) is 71.5 cm³/mol. The number of allylic oxidation sites excluding steroid dienone is 1. The normalized spacial score (nSPS) is 10.3. The largest absolute Gasteiger partial charge is 0.320 e. The molecule has 2 aromatic rings. The quantitative estimate of drug-likeness (QED) is 0.626. The first-order chi connectivity index (χ1) is 8.63. The molecule has 0 saturated heterocycles. The summed E-state index contributed by atoms with van der Waals surface area (Å²) in [6, 6.07) is 6.76. The van der Waals surface area contributed by atoms with Crippen molar-refractivity contribution in [3.8, 4) is 5.69 Å². The Morgan fingerprint density at radius 1 is 1.22 bits per heavy atom. The number of benzene rings is 1. The van der Waals surface area contributed by atoms with Crippen LogP contribution in [0.1, 0.15) is 0 Å². The van der Waals surface area contributed by atoms with Gasteiger partial charge in [0.2, 0.25) is 0 Å². The molecule has 0 amide bonds. The molecule has 0 fully saturated rings. The van der Waals surface area contributed by atoms with E-state index in [0.717, 1.165) is 0 Å². The molecule has 0 saturated carbocycles. The van der Waals surface area contributed by atoms with Gasteiger partial charge in [0.25, 0.3) is 0 Å². The summed E-state index contributed by atoms with van der Waals surface area (Å²) in [6.45, 7) is 3.84. The molecule has 1 aromatic heterocycles. The maximum atomic E-state index is 11.9. The van der Waals surface area contributed by atoms with Gasteiger partial charge in [-0.15, -0.1) is 6.58 Å². The second kappa shape index (κ2) is 5.06. The Balaban J connectivity index is 2.61. The van der Waals surface area contributed by atoms with Gasteiger partial charge in [-0.1, -0.05) is 23.7 Å². The summed E-state index contributed by atoms with van der Waals surface area (Å²) < 4.78 is 2.57. The lowest BCUT2D eigenvalue weighted by molar-refractivity contribution is 0.733. The van der Waals surface area contributed by atoms with Crippen LogP contribution in [0.4, 0.5) is 0 Å². The fraction of sp³-hybridized carbons (Fsp3) is 0.0769. The van der Waals surface area contributed by atoms with Gasteiger partial charge in [0.05, 0.1) is 5.69 Å². The minimum absolute atomic E-state index is 0.310. The number of hydrogen-bond donors (Lipinski definition) is 0. The Hall–Kier alpha value is -2.07. The first kappa shape index (κ1) is 12.4. The van der Waals surface area contributed by atoms with Gasteiger partial charge in [-0.25, -0.2) is 0 Å². The molecule has 2 rings (SSSR count). The summed E-state index contributed by atoms with van der Waals surface area (Å²) in [5, 5.41) is 0.509. The lowest BCUT2D eigenvalue weighted by Gasteiger charge is -2.07. The van der Waals surface area contributed by atoms with Crippen molar-refractivity contribution < 1.29 is 0 Å². The van der Waals surface area contributed by atoms with Crippen LogP contribution in [-0.2, 0) is 6.54 Å². The maximum absolute atomic E-state index is 11.9. The lowest BCUT2D eigenvalue weighted by atomic mass is 10.3. The Bertz CT molecular complexity index is 701. The first-order valence-electron chi connectivity index (χ1n) is 5.32. The van der Waals surface area contributed by atoms with E-state index in [2.05, 4.69) is 6.58 Å². The van der Waals surface area contributed by atoms with Crippen LogP contribution < -0.4 is 11.1 Å². The van der Waals surface area contributed by atoms with E-state index in [1.165, 1.54) is 9.13 Å². The molecule has 4 nitrogen and oxygen atoms in total. The van der Waals surface area contributed by atoms with E-state index >= 15 is 0 Å². The average Bonchev–Trinajstić information content (AvgIpc) is 2.35. The third-order valence-electron chi connectivity index (χ3n) is 2.47. The van der Waals surface area contributed by atoms with E-state index in [-0.39, 0.29) is 0 Å². The number of aromatic nitrogens is 2. The summed E-state index contributed by atoms with van der Waals surface area (Å²) in [4.78, 5) is 23.7. The van der Waals surface area contributed by atoms with Crippen molar-refractivity contribution in [2.24, 2.45) is 0 Å².